The first kappa shape index (κ1) is 15.6. The lowest BCUT2D eigenvalue weighted by Crippen LogP contribution is -1.96. The van der Waals surface area contributed by atoms with Crippen molar-refractivity contribution in [1.29, 1.82) is 0 Å². The number of aliphatic hydroxyl groups excluding tert-OH is 1. The van der Waals surface area contributed by atoms with Gasteiger partial charge in [-0.15, -0.1) is 10.2 Å². The van der Waals surface area contributed by atoms with Gasteiger partial charge in [0, 0.05) is 6.92 Å². The summed E-state index contributed by atoms with van der Waals surface area (Å²) in [7, 11) is 0. The molecule has 0 bridgehead atoms. The Bertz CT molecular complexity index is 635. The second kappa shape index (κ2) is 6.11. The second-order valence-electron chi connectivity index (χ2n) is 3.74. The average molecular weight is 300 g/mol. The summed E-state index contributed by atoms with van der Waals surface area (Å²) in [5.74, 6) is -1.39. The van der Waals surface area contributed by atoms with Crippen LogP contribution in [0.5, 0.6) is 5.75 Å². The Morgan fingerprint density at radius 3 is 2.45 bits per heavy atom. The van der Waals surface area contributed by atoms with Gasteiger partial charge in [-0.05, 0) is 13.0 Å². The zero-order valence-corrected chi connectivity index (χ0v) is 11.2. The fourth-order valence-corrected chi connectivity index (χ4v) is 1.49. The molecule has 0 fully saturated rings. The number of benzene rings is 1. The molecule has 106 valence electrons. The normalized spacial score (nSPS) is 12.3. The predicted molar refractivity (Wildman–Crippen MR) is 70.3 cm³/mol. The molecule has 0 heterocycles. The van der Waals surface area contributed by atoms with Crippen molar-refractivity contribution in [3.05, 3.63) is 38.7 Å². The maximum atomic E-state index is 11.2. The first-order chi connectivity index (χ1) is 9.23. The number of aromatic hydroxyl groups is 1. The summed E-state index contributed by atoms with van der Waals surface area (Å²) in [6, 6.07) is 1.85. The molecule has 0 unspecified atom stereocenters. The van der Waals surface area contributed by atoms with Gasteiger partial charge in [-0.1, -0.05) is 11.6 Å². The van der Waals surface area contributed by atoms with E-state index in [-0.39, 0.29) is 22.2 Å². The number of rotatable bonds is 4. The van der Waals surface area contributed by atoms with E-state index in [1.54, 1.807) is 0 Å². The summed E-state index contributed by atoms with van der Waals surface area (Å²) >= 11 is 5.65. The van der Waals surface area contributed by atoms with Gasteiger partial charge in [0.2, 0.25) is 0 Å². The number of hydrogen-bond acceptors (Lipinski definition) is 7. The van der Waals surface area contributed by atoms with Crippen LogP contribution in [-0.4, -0.2) is 20.9 Å². The number of halogens is 1. The third-order valence-corrected chi connectivity index (χ3v) is 2.48. The molecule has 20 heavy (non-hydrogen) atoms. The summed E-state index contributed by atoms with van der Waals surface area (Å²) in [5.41, 5.74) is -0.941. The number of aliphatic hydroxyl groups is 1. The molecule has 0 aliphatic carbocycles. The van der Waals surface area contributed by atoms with Gasteiger partial charge in [-0.25, -0.2) is 0 Å². The predicted octanol–water partition coefficient (Wildman–Crippen LogP) is 3.42. The first-order valence-corrected chi connectivity index (χ1v) is 5.61. The van der Waals surface area contributed by atoms with Crippen LogP contribution < -0.4 is 0 Å². The quantitative estimate of drug-likeness (QED) is 0.289. The van der Waals surface area contributed by atoms with E-state index in [9.17, 15) is 25.1 Å². The summed E-state index contributed by atoms with van der Waals surface area (Å²) in [4.78, 5) is 21.0. The first-order valence-electron chi connectivity index (χ1n) is 5.23. The third kappa shape index (κ3) is 3.51. The highest BCUT2D eigenvalue weighted by Crippen LogP contribution is 2.37. The lowest BCUT2D eigenvalue weighted by atomic mass is 10.2. The molecule has 1 aromatic rings. The minimum atomic E-state index is -0.762. The maximum absolute atomic E-state index is 11.2. The van der Waals surface area contributed by atoms with Gasteiger partial charge in [0.05, 0.1) is 11.0 Å². The lowest BCUT2D eigenvalue weighted by Gasteiger charge is -2.01. The van der Waals surface area contributed by atoms with Crippen LogP contribution in [0.25, 0.3) is 0 Å². The number of nitro groups is 1. The van der Waals surface area contributed by atoms with Crippen molar-refractivity contribution >= 4 is 28.8 Å². The summed E-state index contributed by atoms with van der Waals surface area (Å²) < 4.78 is 0. The van der Waals surface area contributed by atoms with Crippen LogP contribution in [0.15, 0.2) is 33.8 Å². The Morgan fingerprint density at radius 2 is 2.00 bits per heavy atom. The number of azo groups is 1. The van der Waals surface area contributed by atoms with Crippen LogP contribution in [0.2, 0.25) is 5.02 Å². The van der Waals surface area contributed by atoms with E-state index in [2.05, 4.69) is 10.2 Å². The van der Waals surface area contributed by atoms with Crippen molar-refractivity contribution in [2.24, 2.45) is 10.2 Å². The SMILES string of the molecule is CC(=O)/C(N=Nc1cc(Cl)c([N+](=O)[O-])cc1O)=C(\C)O. The highest BCUT2D eigenvalue weighted by molar-refractivity contribution is 6.33. The van der Waals surface area contributed by atoms with Crippen molar-refractivity contribution in [2.45, 2.75) is 13.8 Å². The standard InChI is InChI=1S/C11H10ClN3O5/c1-5(16)11(6(2)17)14-13-8-3-7(12)9(15(19)20)4-10(8)18/h3-4,16,18H,1-2H3/b11-5-,14-13?. The Balaban J connectivity index is 3.24. The number of hydrogen-bond donors (Lipinski definition) is 2. The van der Waals surface area contributed by atoms with Crippen LogP contribution in [0.4, 0.5) is 11.4 Å². The summed E-state index contributed by atoms with van der Waals surface area (Å²) in [6.07, 6.45) is 0. The fourth-order valence-electron chi connectivity index (χ4n) is 1.26. The van der Waals surface area contributed by atoms with Gasteiger partial charge < -0.3 is 10.2 Å². The van der Waals surface area contributed by atoms with E-state index >= 15 is 0 Å². The molecule has 9 heteroatoms. The maximum Gasteiger partial charge on any atom is 0.291 e. The second-order valence-corrected chi connectivity index (χ2v) is 4.15. The molecule has 0 saturated heterocycles. The molecule has 0 amide bonds. The molecule has 0 aromatic heterocycles. The number of allylic oxidation sites excluding steroid dienone is 2. The van der Waals surface area contributed by atoms with Gasteiger partial charge in [0.15, 0.2) is 11.5 Å². The average Bonchev–Trinajstić information content (AvgIpc) is 2.31. The summed E-state index contributed by atoms with van der Waals surface area (Å²) in [6.45, 7) is 2.43. The lowest BCUT2D eigenvalue weighted by molar-refractivity contribution is -0.384. The molecule has 0 aliphatic heterocycles. The van der Waals surface area contributed by atoms with E-state index in [1.165, 1.54) is 13.8 Å². The van der Waals surface area contributed by atoms with E-state index in [4.69, 9.17) is 11.6 Å². The van der Waals surface area contributed by atoms with Crippen molar-refractivity contribution in [1.82, 2.24) is 0 Å². The highest BCUT2D eigenvalue weighted by atomic mass is 35.5. The van der Waals surface area contributed by atoms with Crippen LogP contribution in [-0.2, 0) is 4.79 Å². The topological polar surface area (TPSA) is 125 Å². The van der Waals surface area contributed by atoms with Crippen LogP contribution in [0, 0.1) is 10.1 Å². The molecule has 0 spiro atoms. The molecular formula is C11H10ClN3O5. The van der Waals surface area contributed by atoms with Crippen LogP contribution >= 0.6 is 11.6 Å². The summed E-state index contributed by atoms with van der Waals surface area (Å²) in [5, 5.41) is 36.2. The molecule has 8 nitrogen and oxygen atoms in total. The molecule has 0 saturated carbocycles. The fraction of sp³-hybridized carbons (Fsp3) is 0.182. The van der Waals surface area contributed by atoms with Crippen molar-refractivity contribution in [2.75, 3.05) is 0 Å². The van der Waals surface area contributed by atoms with Crippen molar-refractivity contribution in [3.63, 3.8) is 0 Å². The largest absolute Gasteiger partial charge is 0.510 e. The molecule has 0 aliphatic rings. The molecule has 1 aromatic carbocycles. The number of ketones is 1. The third-order valence-electron chi connectivity index (χ3n) is 2.17. The number of nitro benzene ring substituents is 1. The van der Waals surface area contributed by atoms with E-state index < -0.39 is 22.1 Å². The number of carbonyl (C=O) groups is 1. The van der Waals surface area contributed by atoms with E-state index in [0.717, 1.165) is 12.1 Å². The molecule has 0 atom stereocenters. The smallest absolute Gasteiger partial charge is 0.291 e. The minimum absolute atomic E-state index is 0.166. The monoisotopic (exact) mass is 299 g/mol. The van der Waals surface area contributed by atoms with Gasteiger partial charge in [0.25, 0.3) is 5.69 Å². The Morgan fingerprint density at radius 1 is 1.40 bits per heavy atom. The zero-order chi connectivity index (χ0) is 15.4. The number of carbonyl (C=O) groups excluding carboxylic acids is 1. The van der Waals surface area contributed by atoms with E-state index in [1.807, 2.05) is 0 Å². The Kier molecular flexibility index (Phi) is 4.76. The van der Waals surface area contributed by atoms with Gasteiger partial charge in [-0.2, -0.15) is 0 Å². The molecule has 1 rings (SSSR count). The number of Topliss-reactive ketones (excluding diaryl/α,β-unsaturated/α-hetero) is 1. The van der Waals surface area contributed by atoms with Gasteiger partial charge in [0.1, 0.15) is 22.2 Å². The van der Waals surface area contributed by atoms with Gasteiger partial charge in [-0.3, -0.25) is 14.9 Å². The number of nitrogens with zero attached hydrogens (tertiary/aromatic N) is 3. The highest BCUT2D eigenvalue weighted by Gasteiger charge is 2.17. The number of phenols is 1. The van der Waals surface area contributed by atoms with Gasteiger partial charge >= 0.3 is 0 Å². The minimum Gasteiger partial charge on any atom is -0.510 e. The molecular weight excluding hydrogens is 290 g/mol. The van der Waals surface area contributed by atoms with Crippen molar-refractivity contribution in [3.8, 4) is 5.75 Å². The molecule has 0 radical (unpaired) electrons. The van der Waals surface area contributed by atoms with Crippen LogP contribution in [0.1, 0.15) is 13.8 Å². The van der Waals surface area contributed by atoms with Crippen molar-refractivity contribution < 1.29 is 19.9 Å². The molecule has 2 N–H and O–H groups in total. The number of phenolic OH excluding ortho intramolecular Hbond substituents is 1. The van der Waals surface area contributed by atoms with Crippen LogP contribution in [0.3, 0.4) is 0 Å². The Hall–Kier alpha value is -2.48. The Labute approximate surface area is 118 Å². The zero-order valence-electron chi connectivity index (χ0n) is 10.5. The van der Waals surface area contributed by atoms with E-state index in [0.29, 0.717) is 0 Å².